The highest BCUT2D eigenvalue weighted by Crippen LogP contribution is 2.43. The second kappa shape index (κ2) is 10.7. The molecule has 5 N–H and O–H groups in total. The summed E-state index contributed by atoms with van der Waals surface area (Å²) in [6, 6.07) is 9.88. The number of carbonyl (C=O) groups is 1. The molecule has 2 unspecified atom stereocenters. The van der Waals surface area contributed by atoms with Gasteiger partial charge in [0.1, 0.15) is 6.10 Å². The lowest BCUT2D eigenvalue weighted by Gasteiger charge is -2.17. The molecule has 0 radical (unpaired) electrons. The zero-order valence-corrected chi connectivity index (χ0v) is 20.8. The van der Waals surface area contributed by atoms with Crippen LogP contribution in [0.2, 0.25) is 0 Å². The summed E-state index contributed by atoms with van der Waals surface area (Å²) in [6.45, 7) is 1.97. The summed E-state index contributed by atoms with van der Waals surface area (Å²) in [4.78, 5) is 21.9. The lowest BCUT2D eigenvalue weighted by molar-refractivity contribution is -0.129. The van der Waals surface area contributed by atoms with Gasteiger partial charge in [0.25, 0.3) is 0 Å². The van der Waals surface area contributed by atoms with Gasteiger partial charge in [0.05, 0.1) is 24.7 Å². The van der Waals surface area contributed by atoms with Crippen LogP contribution < -0.4 is 10.6 Å². The van der Waals surface area contributed by atoms with E-state index >= 15 is 0 Å². The molecule has 3 aromatic rings. The minimum atomic E-state index is -1.26. The first-order valence-electron chi connectivity index (χ1n) is 12.3. The average Bonchev–Trinajstić information content (AvgIpc) is 3.44. The van der Waals surface area contributed by atoms with Crippen LogP contribution in [0.1, 0.15) is 43.7 Å². The molecule has 2 aliphatic rings. The van der Waals surface area contributed by atoms with Crippen molar-refractivity contribution in [3.8, 4) is 0 Å². The number of aromatic nitrogens is 5. The Kier molecular flexibility index (Phi) is 7.37. The van der Waals surface area contributed by atoms with Crippen LogP contribution in [0, 0.1) is 5.92 Å². The summed E-state index contributed by atoms with van der Waals surface area (Å²) in [5, 5.41) is 45.6. The van der Waals surface area contributed by atoms with Gasteiger partial charge in [-0.2, -0.15) is 0 Å². The quantitative estimate of drug-likeness (QED) is 0.196. The lowest BCUT2D eigenvalue weighted by Crippen LogP contribution is -2.39. The molecule has 5 rings (SSSR count). The van der Waals surface area contributed by atoms with Gasteiger partial charge in [-0.05, 0) is 24.8 Å². The predicted octanol–water partition coefficient (Wildman–Crippen LogP) is 1.08. The van der Waals surface area contributed by atoms with Crippen molar-refractivity contribution in [2.75, 3.05) is 24.2 Å². The number of anilines is 1. The number of thioether (sulfide) groups is 1. The normalized spacial score (nSPS) is 27.3. The van der Waals surface area contributed by atoms with E-state index < -0.39 is 30.1 Å². The molecule has 0 spiro atoms. The highest BCUT2D eigenvalue weighted by molar-refractivity contribution is 7.99. The highest BCUT2D eigenvalue weighted by atomic mass is 32.2. The van der Waals surface area contributed by atoms with Gasteiger partial charge in [0.2, 0.25) is 5.91 Å². The SMILES string of the molecule is CCCSc1nc(NC2CC2c2ccccc2)c2nnn([C@@H]3C[C@H](C(=O)NCCO)[C@@H](O)[C@H]3O)c2n1. The van der Waals surface area contributed by atoms with Crippen LogP contribution in [0.5, 0.6) is 0 Å². The molecule has 1 aromatic carbocycles. The van der Waals surface area contributed by atoms with Gasteiger partial charge in [-0.1, -0.05) is 54.2 Å². The zero-order chi connectivity index (χ0) is 25.2. The Balaban J connectivity index is 1.43. The van der Waals surface area contributed by atoms with Crippen LogP contribution in [-0.2, 0) is 4.79 Å². The number of benzene rings is 1. The molecule has 0 saturated heterocycles. The van der Waals surface area contributed by atoms with Crippen LogP contribution in [0.25, 0.3) is 11.2 Å². The number of carbonyl (C=O) groups excluding carboxylic acids is 1. The van der Waals surface area contributed by atoms with E-state index in [1.54, 1.807) is 0 Å². The molecule has 6 atom stereocenters. The fraction of sp³-hybridized carbons (Fsp3) is 0.542. The molecule has 0 aliphatic heterocycles. The molecule has 2 saturated carbocycles. The lowest BCUT2D eigenvalue weighted by atomic mass is 10.0. The number of hydrogen-bond donors (Lipinski definition) is 5. The van der Waals surface area contributed by atoms with Crippen molar-refractivity contribution < 1.29 is 20.1 Å². The van der Waals surface area contributed by atoms with Crippen LogP contribution >= 0.6 is 11.8 Å². The standard InChI is InChI=1S/C24H31N7O4S/c1-2-10-36-24-27-21(26-16-11-14(16)13-6-4-3-5-7-13)18-22(28-24)31(30-29-18)17-12-15(19(33)20(17)34)23(35)25-8-9-32/h3-7,14-17,19-20,32-34H,2,8-12H2,1H3,(H,25,35)(H,26,27,28)/t14?,15-,16?,17+,19+,20-/m0/s1. The fourth-order valence-corrected chi connectivity index (χ4v) is 5.51. The van der Waals surface area contributed by atoms with Gasteiger partial charge in [-0.3, -0.25) is 4.79 Å². The third-order valence-electron chi connectivity index (χ3n) is 6.79. The van der Waals surface area contributed by atoms with Crippen molar-refractivity contribution >= 4 is 34.7 Å². The Morgan fingerprint density at radius 1 is 1.17 bits per heavy atom. The zero-order valence-electron chi connectivity index (χ0n) is 20.0. The van der Waals surface area contributed by atoms with Gasteiger partial charge in [0, 0.05) is 24.3 Å². The molecule has 192 valence electrons. The number of nitrogens with one attached hydrogen (secondary N) is 2. The first-order valence-corrected chi connectivity index (χ1v) is 13.3. The minimum absolute atomic E-state index is 0.0838. The van der Waals surface area contributed by atoms with Gasteiger partial charge >= 0.3 is 0 Å². The Hall–Kier alpha value is -2.80. The van der Waals surface area contributed by atoms with Crippen molar-refractivity contribution in [2.24, 2.45) is 5.92 Å². The van der Waals surface area contributed by atoms with E-state index in [1.807, 2.05) is 18.2 Å². The van der Waals surface area contributed by atoms with Crippen molar-refractivity contribution in [3.05, 3.63) is 35.9 Å². The van der Waals surface area contributed by atoms with E-state index in [0.29, 0.717) is 28.1 Å². The first kappa shape index (κ1) is 24.9. The molecular weight excluding hydrogens is 482 g/mol. The second-order valence-electron chi connectivity index (χ2n) is 9.32. The van der Waals surface area contributed by atoms with E-state index in [4.69, 9.17) is 10.1 Å². The van der Waals surface area contributed by atoms with E-state index in [9.17, 15) is 15.0 Å². The molecule has 12 heteroatoms. The van der Waals surface area contributed by atoms with Gasteiger partial charge in [0.15, 0.2) is 22.1 Å². The van der Waals surface area contributed by atoms with Crippen molar-refractivity contribution in [2.45, 2.75) is 61.6 Å². The van der Waals surface area contributed by atoms with Crippen LogP contribution in [0.4, 0.5) is 5.82 Å². The number of aliphatic hydroxyl groups is 3. The maximum Gasteiger partial charge on any atom is 0.225 e. The van der Waals surface area contributed by atoms with E-state index in [0.717, 1.165) is 18.6 Å². The van der Waals surface area contributed by atoms with Crippen molar-refractivity contribution in [1.82, 2.24) is 30.3 Å². The number of rotatable bonds is 10. The Morgan fingerprint density at radius 3 is 2.72 bits per heavy atom. The molecule has 2 fully saturated rings. The molecular formula is C24H31N7O4S. The van der Waals surface area contributed by atoms with Crippen LogP contribution in [0.15, 0.2) is 35.5 Å². The second-order valence-corrected chi connectivity index (χ2v) is 10.4. The Labute approximate surface area is 212 Å². The van der Waals surface area contributed by atoms with E-state index in [2.05, 4.69) is 45.0 Å². The van der Waals surface area contributed by atoms with Crippen LogP contribution in [0.3, 0.4) is 0 Å². The van der Waals surface area contributed by atoms with Crippen molar-refractivity contribution in [1.29, 1.82) is 0 Å². The summed E-state index contributed by atoms with van der Waals surface area (Å²) in [6.07, 6.45) is -0.369. The predicted molar refractivity (Wildman–Crippen MR) is 135 cm³/mol. The topological polar surface area (TPSA) is 158 Å². The smallest absolute Gasteiger partial charge is 0.225 e. The number of fused-ring (bicyclic) bond motifs is 1. The number of amides is 1. The van der Waals surface area contributed by atoms with E-state index in [-0.39, 0.29) is 25.6 Å². The first-order chi connectivity index (χ1) is 17.5. The molecule has 2 heterocycles. The van der Waals surface area contributed by atoms with Gasteiger partial charge < -0.3 is 26.0 Å². The number of nitrogens with zero attached hydrogens (tertiary/aromatic N) is 5. The largest absolute Gasteiger partial charge is 0.395 e. The van der Waals surface area contributed by atoms with Crippen molar-refractivity contribution in [3.63, 3.8) is 0 Å². The number of aliphatic hydroxyl groups excluding tert-OH is 3. The summed E-state index contributed by atoms with van der Waals surface area (Å²) in [5.41, 5.74) is 2.22. The maximum absolute atomic E-state index is 12.5. The third-order valence-corrected chi connectivity index (χ3v) is 7.85. The molecule has 0 bridgehead atoms. The van der Waals surface area contributed by atoms with E-state index in [1.165, 1.54) is 22.0 Å². The fourth-order valence-electron chi connectivity index (χ4n) is 4.81. The van der Waals surface area contributed by atoms with Crippen LogP contribution in [-0.4, -0.2) is 83.3 Å². The average molecular weight is 514 g/mol. The molecule has 1 amide bonds. The summed E-state index contributed by atoms with van der Waals surface area (Å²) < 4.78 is 1.51. The number of hydrogen-bond acceptors (Lipinski definition) is 10. The molecule has 2 aromatic heterocycles. The molecule has 36 heavy (non-hydrogen) atoms. The molecule has 2 aliphatic carbocycles. The van der Waals surface area contributed by atoms with Gasteiger partial charge in [-0.15, -0.1) is 5.10 Å². The Morgan fingerprint density at radius 2 is 1.97 bits per heavy atom. The summed E-state index contributed by atoms with van der Waals surface area (Å²) in [5.74, 6) is 0.587. The maximum atomic E-state index is 12.5. The monoisotopic (exact) mass is 513 g/mol. The molecule has 11 nitrogen and oxygen atoms in total. The minimum Gasteiger partial charge on any atom is -0.395 e. The third kappa shape index (κ3) is 4.90. The summed E-state index contributed by atoms with van der Waals surface area (Å²) >= 11 is 1.53. The van der Waals surface area contributed by atoms with Gasteiger partial charge in [-0.25, -0.2) is 14.6 Å². The highest BCUT2D eigenvalue weighted by Gasteiger charge is 2.47. The summed E-state index contributed by atoms with van der Waals surface area (Å²) in [7, 11) is 0. The Bertz CT molecular complexity index is 1210.